The van der Waals surface area contributed by atoms with Crippen molar-refractivity contribution in [3.05, 3.63) is 100 Å². The molecule has 35 heavy (non-hydrogen) atoms. The molecule has 1 atom stereocenters. The maximum Gasteiger partial charge on any atom is 0.254 e. The Balaban J connectivity index is 1.39. The van der Waals surface area contributed by atoms with Gasteiger partial charge in [-0.2, -0.15) is 0 Å². The van der Waals surface area contributed by atoms with Crippen LogP contribution >= 0.6 is 11.6 Å². The smallest absolute Gasteiger partial charge is 0.254 e. The largest absolute Gasteiger partial charge is 0.497 e. The highest BCUT2D eigenvalue weighted by Crippen LogP contribution is 2.24. The van der Waals surface area contributed by atoms with Gasteiger partial charge in [0, 0.05) is 43.3 Å². The normalized spacial score (nSPS) is 15.1. The van der Waals surface area contributed by atoms with Gasteiger partial charge in [0.25, 0.3) is 5.91 Å². The van der Waals surface area contributed by atoms with Crippen molar-refractivity contribution in [1.29, 1.82) is 0 Å². The highest BCUT2D eigenvalue weighted by atomic mass is 35.5. The van der Waals surface area contributed by atoms with Crippen molar-refractivity contribution in [3.8, 4) is 5.75 Å². The summed E-state index contributed by atoms with van der Waals surface area (Å²) < 4.78 is 38.4. The van der Waals surface area contributed by atoms with Crippen LogP contribution in [0.4, 0.5) is 8.78 Å². The quantitative estimate of drug-likeness (QED) is 0.418. The number of carbonyl (C=O) groups excluding carboxylic acids is 1. The van der Waals surface area contributed by atoms with Gasteiger partial charge in [0.1, 0.15) is 5.75 Å². The first kappa shape index (κ1) is 25.1. The molecule has 0 radical (unpaired) electrons. The van der Waals surface area contributed by atoms with Crippen molar-refractivity contribution in [2.75, 3.05) is 39.8 Å². The number of benzene rings is 3. The van der Waals surface area contributed by atoms with Crippen LogP contribution in [0, 0.1) is 11.6 Å². The second kappa shape index (κ2) is 11.6. The highest BCUT2D eigenvalue weighted by molar-refractivity contribution is 6.30. The molecule has 1 fully saturated rings. The predicted molar refractivity (Wildman–Crippen MR) is 131 cm³/mol. The maximum absolute atomic E-state index is 13.6. The van der Waals surface area contributed by atoms with Gasteiger partial charge in [-0.1, -0.05) is 35.9 Å². The molecule has 0 N–H and O–H groups in total. The number of piperazine rings is 1. The molecule has 0 bridgehead atoms. The molecule has 184 valence electrons. The summed E-state index contributed by atoms with van der Waals surface area (Å²) in [7, 11) is 1.63. The summed E-state index contributed by atoms with van der Waals surface area (Å²) in [5.74, 6) is -1.51. The lowest BCUT2D eigenvalue weighted by Crippen LogP contribution is -2.49. The van der Waals surface area contributed by atoms with Crippen molar-refractivity contribution in [1.82, 2.24) is 9.80 Å². The van der Waals surface area contributed by atoms with Gasteiger partial charge < -0.3 is 14.4 Å². The Morgan fingerprint density at radius 2 is 1.71 bits per heavy atom. The van der Waals surface area contributed by atoms with Gasteiger partial charge in [0.05, 0.1) is 19.8 Å². The van der Waals surface area contributed by atoms with Crippen LogP contribution in [0.2, 0.25) is 5.02 Å². The van der Waals surface area contributed by atoms with Crippen LogP contribution in [0.15, 0.2) is 66.7 Å². The topological polar surface area (TPSA) is 42.0 Å². The Kier molecular flexibility index (Phi) is 8.33. The second-order valence-electron chi connectivity index (χ2n) is 8.42. The molecule has 1 saturated heterocycles. The van der Waals surface area contributed by atoms with E-state index in [0.717, 1.165) is 29.0 Å². The number of hydrogen-bond donors (Lipinski definition) is 0. The first-order chi connectivity index (χ1) is 16.9. The van der Waals surface area contributed by atoms with Crippen LogP contribution in [0.3, 0.4) is 0 Å². The summed E-state index contributed by atoms with van der Waals surface area (Å²) in [5, 5.41) is 0.657. The number of halogens is 3. The van der Waals surface area contributed by atoms with Crippen molar-refractivity contribution in [3.63, 3.8) is 0 Å². The van der Waals surface area contributed by atoms with Gasteiger partial charge in [-0.15, -0.1) is 0 Å². The van der Waals surface area contributed by atoms with E-state index in [0.29, 0.717) is 44.4 Å². The van der Waals surface area contributed by atoms with Crippen LogP contribution in [0.1, 0.15) is 27.6 Å². The zero-order valence-corrected chi connectivity index (χ0v) is 20.2. The van der Waals surface area contributed by atoms with E-state index in [1.54, 1.807) is 12.0 Å². The second-order valence-corrected chi connectivity index (χ2v) is 8.86. The Labute approximate surface area is 208 Å². The first-order valence-electron chi connectivity index (χ1n) is 11.4. The third kappa shape index (κ3) is 6.57. The number of hydrogen-bond acceptors (Lipinski definition) is 4. The monoisotopic (exact) mass is 500 g/mol. The minimum Gasteiger partial charge on any atom is -0.497 e. The fraction of sp³-hybridized carbons (Fsp3) is 0.296. The fourth-order valence-corrected chi connectivity index (χ4v) is 4.20. The van der Waals surface area contributed by atoms with Crippen LogP contribution in [0.25, 0.3) is 0 Å². The molecule has 1 aliphatic heterocycles. The Morgan fingerprint density at radius 1 is 0.971 bits per heavy atom. The molecule has 0 saturated carbocycles. The molecule has 0 spiro atoms. The van der Waals surface area contributed by atoms with Crippen LogP contribution in [-0.2, 0) is 11.3 Å². The van der Waals surface area contributed by atoms with E-state index in [2.05, 4.69) is 4.90 Å². The molecule has 0 aliphatic carbocycles. The van der Waals surface area contributed by atoms with Crippen molar-refractivity contribution < 1.29 is 23.0 Å². The molecule has 1 aliphatic rings. The minimum absolute atomic E-state index is 0.151. The third-order valence-corrected chi connectivity index (χ3v) is 6.33. The van der Waals surface area contributed by atoms with Crippen molar-refractivity contribution >= 4 is 17.5 Å². The van der Waals surface area contributed by atoms with E-state index in [-0.39, 0.29) is 17.6 Å². The maximum atomic E-state index is 13.6. The van der Waals surface area contributed by atoms with E-state index in [1.165, 1.54) is 6.07 Å². The Bertz CT molecular complexity index is 1150. The summed E-state index contributed by atoms with van der Waals surface area (Å²) >= 11 is 6.08. The zero-order chi connectivity index (χ0) is 24.8. The molecule has 8 heteroatoms. The van der Waals surface area contributed by atoms with Gasteiger partial charge in [0.15, 0.2) is 11.6 Å². The van der Waals surface area contributed by atoms with Crippen LogP contribution < -0.4 is 4.74 Å². The third-order valence-electron chi connectivity index (χ3n) is 6.08. The molecule has 4 rings (SSSR count). The van der Waals surface area contributed by atoms with E-state index in [1.807, 2.05) is 48.5 Å². The Hall–Kier alpha value is -3.00. The number of methoxy groups -OCH3 is 1. The van der Waals surface area contributed by atoms with E-state index in [4.69, 9.17) is 21.1 Å². The molecular weight excluding hydrogens is 474 g/mol. The molecule has 0 aromatic heterocycles. The first-order valence-corrected chi connectivity index (χ1v) is 11.8. The van der Waals surface area contributed by atoms with E-state index >= 15 is 0 Å². The van der Waals surface area contributed by atoms with Crippen LogP contribution in [0.5, 0.6) is 5.75 Å². The van der Waals surface area contributed by atoms with Gasteiger partial charge in [-0.3, -0.25) is 9.69 Å². The number of rotatable bonds is 8. The number of carbonyl (C=O) groups is 1. The highest BCUT2D eigenvalue weighted by Gasteiger charge is 2.25. The average Bonchev–Trinajstić information content (AvgIpc) is 2.89. The Morgan fingerprint density at radius 3 is 2.40 bits per heavy atom. The predicted octanol–water partition coefficient (Wildman–Crippen LogP) is 5.34. The number of nitrogens with zero attached hydrogens (tertiary/aromatic N) is 2. The molecule has 1 heterocycles. The molecule has 5 nitrogen and oxygen atoms in total. The van der Waals surface area contributed by atoms with Gasteiger partial charge in [0.2, 0.25) is 0 Å². The fourth-order valence-electron chi connectivity index (χ4n) is 4.07. The molecule has 1 amide bonds. The van der Waals surface area contributed by atoms with Crippen molar-refractivity contribution in [2.45, 2.75) is 12.7 Å². The summed E-state index contributed by atoms with van der Waals surface area (Å²) in [5.41, 5.74) is 2.17. The zero-order valence-electron chi connectivity index (χ0n) is 19.4. The summed E-state index contributed by atoms with van der Waals surface area (Å²) in [6.07, 6.45) is -0.202. The lowest BCUT2D eigenvalue weighted by Gasteiger charge is -2.36. The van der Waals surface area contributed by atoms with Gasteiger partial charge >= 0.3 is 0 Å². The summed E-state index contributed by atoms with van der Waals surface area (Å²) in [6, 6.07) is 18.6. The summed E-state index contributed by atoms with van der Waals surface area (Å²) in [4.78, 5) is 16.6. The van der Waals surface area contributed by atoms with Crippen LogP contribution in [-0.4, -0.2) is 55.5 Å². The van der Waals surface area contributed by atoms with Crippen molar-refractivity contribution in [2.24, 2.45) is 0 Å². The SMILES string of the molecule is COc1cccc(COC(CN2CCN(C(=O)c3ccc(F)c(F)c3)CC2)c2ccc(Cl)cc2)c1. The molecule has 3 aromatic rings. The lowest BCUT2D eigenvalue weighted by molar-refractivity contribution is 0.00337. The molecular formula is C27H27ClF2N2O3. The average molecular weight is 501 g/mol. The standard InChI is InChI=1S/C27H27ClF2N2O3/c1-34-23-4-2-3-19(15-23)18-35-26(20-5-8-22(28)9-6-20)17-31-11-13-32(14-12-31)27(33)21-7-10-24(29)25(30)16-21/h2-10,15-16,26H,11-14,17-18H2,1H3. The number of ether oxygens (including phenoxy) is 2. The van der Waals surface area contributed by atoms with E-state index in [9.17, 15) is 13.6 Å². The van der Waals surface area contributed by atoms with Gasteiger partial charge in [-0.25, -0.2) is 8.78 Å². The summed E-state index contributed by atoms with van der Waals surface area (Å²) in [6.45, 7) is 3.31. The lowest BCUT2D eigenvalue weighted by atomic mass is 10.1. The number of amides is 1. The molecule has 3 aromatic carbocycles. The minimum atomic E-state index is -1.02. The van der Waals surface area contributed by atoms with Gasteiger partial charge in [-0.05, 0) is 53.6 Å². The van der Waals surface area contributed by atoms with E-state index < -0.39 is 11.6 Å². The molecule has 1 unspecified atom stereocenters.